The minimum Gasteiger partial charge on any atom is -0.466 e. The molecule has 5 nitrogen and oxygen atoms in total. The fourth-order valence-corrected chi connectivity index (χ4v) is 3.58. The lowest BCUT2D eigenvalue weighted by Crippen LogP contribution is -2.39. The first-order chi connectivity index (χ1) is 10.5. The van der Waals surface area contributed by atoms with Gasteiger partial charge >= 0.3 is 5.97 Å². The van der Waals surface area contributed by atoms with E-state index in [1.54, 1.807) is 19.1 Å². The molecular formula is C16H23NO4S. The van der Waals surface area contributed by atoms with Gasteiger partial charge in [0.25, 0.3) is 0 Å². The summed E-state index contributed by atoms with van der Waals surface area (Å²) in [5, 5.41) is 0. The summed E-state index contributed by atoms with van der Waals surface area (Å²) in [5.41, 5.74) is 0.948. The molecule has 0 N–H and O–H groups in total. The Morgan fingerprint density at radius 1 is 1.27 bits per heavy atom. The third-order valence-corrected chi connectivity index (χ3v) is 5.73. The number of ether oxygens (including phenoxy) is 1. The van der Waals surface area contributed by atoms with Crippen LogP contribution in [0.1, 0.15) is 26.7 Å². The van der Waals surface area contributed by atoms with Crippen LogP contribution in [-0.2, 0) is 19.4 Å². The van der Waals surface area contributed by atoms with Crippen LogP contribution in [0.5, 0.6) is 0 Å². The van der Waals surface area contributed by atoms with E-state index in [2.05, 4.69) is 4.90 Å². The smallest absolute Gasteiger partial charge is 0.310 e. The van der Waals surface area contributed by atoms with Gasteiger partial charge in [-0.25, -0.2) is 8.42 Å². The Morgan fingerprint density at radius 3 is 2.55 bits per heavy atom. The van der Waals surface area contributed by atoms with Gasteiger partial charge in [0.05, 0.1) is 23.2 Å². The number of hydrogen-bond acceptors (Lipinski definition) is 5. The zero-order valence-electron chi connectivity index (χ0n) is 13.1. The molecule has 0 radical (unpaired) electrons. The van der Waals surface area contributed by atoms with Gasteiger partial charge in [0, 0.05) is 18.8 Å². The van der Waals surface area contributed by atoms with Crippen LogP contribution >= 0.6 is 0 Å². The molecule has 1 saturated heterocycles. The molecule has 0 saturated carbocycles. The van der Waals surface area contributed by atoms with E-state index in [1.807, 2.05) is 19.1 Å². The van der Waals surface area contributed by atoms with Crippen molar-refractivity contribution in [1.29, 1.82) is 0 Å². The molecule has 2 rings (SSSR count). The number of esters is 1. The normalized spacial score (nSPS) is 19.0. The van der Waals surface area contributed by atoms with Crippen LogP contribution in [0.4, 0.5) is 5.69 Å². The Morgan fingerprint density at radius 2 is 1.95 bits per heavy atom. The van der Waals surface area contributed by atoms with E-state index in [9.17, 15) is 13.2 Å². The number of rotatable bonds is 5. The lowest BCUT2D eigenvalue weighted by atomic mass is 9.97. The van der Waals surface area contributed by atoms with Crippen LogP contribution < -0.4 is 4.90 Å². The Kier molecular flexibility index (Phi) is 5.45. The molecule has 0 spiro atoms. The fourth-order valence-electron chi connectivity index (χ4n) is 2.70. The summed E-state index contributed by atoms with van der Waals surface area (Å²) in [7, 11) is -3.17. The first-order valence-corrected chi connectivity index (χ1v) is 9.37. The second-order valence-corrected chi connectivity index (χ2v) is 7.71. The molecular weight excluding hydrogens is 302 g/mol. The highest BCUT2D eigenvalue weighted by molar-refractivity contribution is 7.91. The summed E-state index contributed by atoms with van der Waals surface area (Å²) < 4.78 is 28.8. The number of anilines is 1. The van der Waals surface area contributed by atoms with Gasteiger partial charge in [0.1, 0.15) is 0 Å². The maximum atomic E-state index is 11.9. The number of nitrogens with zero attached hydrogens (tertiary/aromatic N) is 1. The van der Waals surface area contributed by atoms with E-state index in [-0.39, 0.29) is 17.6 Å². The van der Waals surface area contributed by atoms with Crippen LogP contribution in [-0.4, -0.2) is 39.8 Å². The lowest BCUT2D eigenvalue weighted by molar-refractivity contribution is -0.148. The Balaban J connectivity index is 2.10. The van der Waals surface area contributed by atoms with Crippen molar-refractivity contribution >= 4 is 21.5 Å². The maximum absolute atomic E-state index is 11.9. The first kappa shape index (κ1) is 16.8. The fraction of sp³-hybridized carbons (Fsp3) is 0.562. The van der Waals surface area contributed by atoms with Crippen molar-refractivity contribution in [3.8, 4) is 0 Å². The summed E-state index contributed by atoms with van der Waals surface area (Å²) >= 11 is 0. The van der Waals surface area contributed by atoms with Gasteiger partial charge in [0.15, 0.2) is 9.84 Å². The molecule has 6 heteroatoms. The molecule has 1 fully saturated rings. The molecule has 0 aliphatic carbocycles. The molecule has 0 aromatic heterocycles. The largest absolute Gasteiger partial charge is 0.466 e. The van der Waals surface area contributed by atoms with Crippen LogP contribution in [0.3, 0.4) is 0 Å². The lowest BCUT2D eigenvalue weighted by Gasteiger charge is -2.33. The molecule has 0 amide bonds. The molecule has 1 aromatic carbocycles. The van der Waals surface area contributed by atoms with Gasteiger partial charge in [-0.05, 0) is 44.0 Å². The second-order valence-electron chi connectivity index (χ2n) is 5.43. The van der Waals surface area contributed by atoms with E-state index in [1.165, 1.54) is 0 Å². The molecule has 1 heterocycles. The third-order valence-electron chi connectivity index (χ3n) is 3.98. The van der Waals surface area contributed by atoms with Crippen LogP contribution in [0.15, 0.2) is 29.2 Å². The van der Waals surface area contributed by atoms with E-state index in [4.69, 9.17) is 4.74 Å². The van der Waals surface area contributed by atoms with Gasteiger partial charge < -0.3 is 9.64 Å². The van der Waals surface area contributed by atoms with Crippen molar-refractivity contribution in [2.75, 3.05) is 30.3 Å². The number of hydrogen-bond donors (Lipinski definition) is 0. The Hall–Kier alpha value is -1.56. The number of carbonyl (C=O) groups is 1. The second kappa shape index (κ2) is 7.13. The average molecular weight is 325 g/mol. The highest BCUT2D eigenvalue weighted by Crippen LogP contribution is 2.25. The Labute approximate surface area is 132 Å². The standard InChI is InChI=1S/C16H23NO4S/c1-3-21-16(18)13-6-5-11-17(12-13)14-7-9-15(10-8-14)22(19,20)4-2/h7-10,13H,3-6,11-12H2,1-2H3/t13-/m0/s1. The van der Waals surface area contributed by atoms with E-state index in [0.717, 1.165) is 25.1 Å². The summed E-state index contributed by atoms with van der Waals surface area (Å²) in [5.74, 6) is -0.147. The average Bonchev–Trinajstić information content (AvgIpc) is 2.55. The molecule has 1 aliphatic rings. The summed E-state index contributed by atoms with van der Waals surface area (Å²) in [4.78, 5) is 14.3. The summed E-state index contributed by atoms with van der Waals surface area (Å²) in [6.45, 7) is 5.34. The Bertz CT molecular complexity index is 610. The van der Waals surface area contributed by atoms with E-state index < -0.39 is 9.84 Å². The van der Waals surface area contributed by atoms with Gasteiger partial charge in [-0.3, -0.25) is 4.79 Å². The van der Waals surface area contributed by atoms with Gasteiger partial charge in [-0.15, -0.1) is 0 Å². The zero-order valence-corrected chi connectivity index (χ0v) is 13.9. The van der Waals surface area contributed by atoms with Crippen molar-refractivity contribution in [2.45, 2.75) is 31.6 Å². The molecule has 122 valence electrons. The monoisotopic (exact) mass is 325 g/mol. The van der Waals surface area contributed by atoms with E-state index in [0.29, 0.717) is 18.0 Å². The minimum atomic E-state index is -3.17. The summed E-state index contributed by atoms with van der Waals surface area (Å²) in [6, 6.07) is 6.91. The molecule has 0 bridgehead atoms. The first-order valence-electron chi connectivity index (χ1n) is 7.72. The predicted molar refractivity (Wildman–Crippen MR) is 85.7 cm³/mol. The SMILES string of the molecule is CCOC(=O)[C@H]1CCCN(c2ccc(S(=O)(=O)CC)cc2)C1. The number of sulfone groups is 1. The predicted octanol–water partition coefficient (Wildman–Crippen LogP) is 2.26. The molecule has 22 heavy (non-hydrogen) atoms. The van der Waals surface area contributed by atoms with Crippen molar-refractivity contribution in [1.82, 2.24) is 0 Å². The topological polar surface area (TPSA) is 63.7 Å². The number of piperidine rings is 1. The van der Waals surface area contributed by atoms with Gasteiger partial charge in [-0.2, -0.15) is 0 Å². The number of benzene rings is 1. The van der Waals surface area contributed by atoms with E-state index >= 15 is 0 Å². The van der Waals surface area contributed by atoms with Crippen molar-refractivity contribution in [3.05, 3.63) is 24.3 Å². The highest BCUT2D eigenvalue weighted by Gasteiger charge is 2.27. The molecule has 1 aliphatic heterocycles. The molecule has 1 atom stereocenters. The molecule has 0 unspecified atom stereocenters. The van der Waals surface area contributed by atoms with Gasteiger partial charge in [-0.1, -0.05) is 6.92 Å². The summed E-state index contributed by atoms with van der Waals surface area (Å²) in [6.07, 6.45) is 1.77. The van der Waals surface area contributed by atoms with Gasteiger partial charge in [0.2, 0.25) is 0 Å². The van der Waals surface area contributed by atoms with Crippen LogP contribution in [0.25, 0.3) is 0 Å². The third kappa shape index (κ3) is 3.80. The molecule has 1 aromatic rings. The van der Waals surface area contributed by atoms with Crippen molar-refractivity contribution in [3.63, 3.8) is 0 Å². The van der Waals surface area contributed by atoms with Crippen LogP contribution in [0.2, 0.25) is 0 Å². The van der Waals surface area contributed by atoms with Crippen LogP contribution in [0, 0.1) is 5.92 Å². The van der Waals surface area contributed by atoms with Crippen molar-refractivity contribution in [2.24, 2.45) is 5.92 Å². The zero-order chi connectivity index (χ0) is 16.2. The highest BCUT2D eigenvalue weighted by atomic mass is 32.2. The van der Waals surface area contributed by atoms with Crippen molar-refractivity contribution < 1.29 is 17.9 Å². The quantitative estimate of drug-likeness (QED) is 0.777. The number of carbonyl (C=O) groups excluding carboxylic acids is 1. The maximum Gasteiger partial charge on any atom is 0.310 e. The minimum absolute atomic E-state index is 0.0982.